The number of benzene rings is 2. The number of ether oxygens (including phenoxy) is 2. The standard InChI is InChI=1S/C19H20FNO4/c1-24-17-6-4-3-5-16(17)19(23)21(12-11-18(22)25-2)13-14-7-9-15(20)10-8-14/h3-10H,11-13H2,1-2H3. The summed E-state index contributed by atoms with van der Waals surface area (Å²) < 4.78 is 23.0. The zero-order valence-electron chi connectivity index (χ0n) is 14.2. The molecule has 0 aliphatic heterocycles. The first kappa shape index (κ1) is 18.4. The molecule has 0 aliphatic carbocycles. The normalized spacial score (nSPS) is 10.2. The second kappa shape index (κ2) is 8.82. The van der Waals surface area contributed by atoms with E-state index in [0.717, 1.165) is 5.56 Å². The van der Waals surface area contributed by atoms with E-state index in [1.807, 2.05) is 0 Å². The van der Waals surface area contributed by atoms with E-state index in [2.05, 4.69) is 4.74 Å². The van der Waals surface area contributed by atoms with Crippen LogP contribution < -0.4 is 4.74 Å². The van der Waals surface area contributed by atoms with Crippen LogP contribution in [0.25, 0.3) is 0 Å². The van der Waals surface area contributed by atoms with Gasteiger partial charge in [-0.2, -0.15) is 0 Å². The number of para-hydroxylation sites is 1. The minimum absolute atomic E-state index is 0.0680. The summed E-state index contributed by atoms with van der Waals surface area (Å²) in [6.07, 6.45) is 0.0680. The summed E-state index contributed by atoms with van der Waals surface area (Å²) in [6, 6.07) is 12.8. The minimum Gasteiger partial charge on any atom is -0.496 e. The zero-order valence-corrected chi connectivity index (χ0v) is 14.2. The first-order valence-corrected chi connectivity index (χ1v) is 7.78. The molecule has 0 spiro atoms. The molecule has 25 heavy (non-hydrogen) atoms. The maximum absolute atomic E-state index is 13.1. The van der Waals surface area contributed by atoms with Crippen molar-refractivity contribution in [3.63, 3.8) is 0 Å². The molecule has 0 aliphatic rings. The van der Waals surface area contributed by atoms with E-state index in [-0.39, 0.29) is 31.2 Å². The topological polar surface area (TPSA) is 55.8 Å². The van der Waals surface area contributed by atoms with Crippen LogP contribution in [0, 0.1) is 5.82 Å². The van der Waals surface area contributed by atoms with Gasteiger partial charge in [0.1, 0.15) is 11.6 Å². The molecule has 132 valence electrons. The Morgan fingerprint density at radius 2 is 1.72 bits per heavy atom. The smallest absolute Gasteiger partial charge is 0.307 e. The van der Waals surface area contributed by atoms with E-state index in [1.165, 1.54) is 31.3 Å². The van der Waals surface area contributed by atoms with Crippen molar-refractivity contribution in [2.24, 2.45) is 0 Å². The molecule has 0 bridgehead atoms. The van der Waals surface area contributed by atoms with Gasteiger partial charge in [-0.15, -0.1) is 0 Å². The lowest BCUT2D eigenvalue weighted by atomic mass is 10.1. The van der Waals surface area contributed by atoms with Crippen LogP contribution in [-0.2, 0) is 16.1 Å². The first-order chi connectivity index (χ1) is 12.0. The molecule has 0 aromatic heterocycles. The molecule has 2 aromatic rings. The van der Waals surface area contributed by atoms with Crippen molar-refractivity contribution in [2.75, 3.05) is 20.8 Å². The van der Waals surface area contributed by atoms with E-state index in [1.54, 1.807) is 36.4 Å². The summed E-state index contributed by atoms with van der Waals surface area (Å²) in [5, 5.41) is 0. The molecule has 0 saturated heterocycles. The Balaban J connectivity index is 2.24. The van der Waals surface area contributed by atoms with Gasteiger partial charge in [-0.3, -0.25) is 9.59 Å². The summed E-state index contributed by atoms with van der Waals surface area (Å²) in [7, 11) is 2.79. The quantitative estimate of drug-likeness (QED) is 0.724. The Labute approximate surface area is 146 Å². The lowest BCUT2D eigenvalue weighted by molar-refractivity contribution is -0.140. The Hall–Kier alpha value is -2.89. The maximum Gasteiger partial charge on any atom is 0.307 e. The molecule has 0 fully saturated rings. The van der Waals surface area contributed by atoms with Gasteiger partial charge in [0.25, 0.3) is 5.91 Å². The third-order valence-electron chi connectivity index (χ3n) is 3.72. The number of carbonyl (C=O) groups excluding carboxylic acids is 2. The largest absolute Gasteiger partial charge is 0.496 e. The van der Waals surface area contributed by atoms with Crippen molar-refractivity contribution < 1.29 is 23.5 Å². The molecule has 0 N–H and O–H groups in total. The number of amides is 1. The molecular formula is C19H20FNO4. The number of nitrogens with zero attached hydrogens (tertiary/aromatic N) is 1. The maximum atomic E-state index is 13.1. The Bertz CT molecular complexity index is 730. The van der Waals surface area contributed by atoms with E-state index in [4.69, 9.17) is 4.74 Å². The van der Waals surface area contributed by atoms with Crippen molar-refractivity contribution in [1.29, 1.82) is 0 Å². The molecule has 2 rings (SSSR count). The number of methoxy groups -OCH3 is 2. The van der Waals surface area contributed by atoms with Gasteiger partial charge < -0.3 is 14.4 Å². The molecule has 6 heteroatoms. The molecule has 5 nitrogen and oxygen atoms in total. The van der Waals surface area contributed by atoms with Gasteiger partial charge in [0.15, 0.2) is 0 Å². The number of esters is 1. The lowest BCUT2D eigenvalue weighted by Crippen LogP contribution is -2.33. The van der Waals surface area contributed by atoms with Crippen LogP contribution in [0.5, 0.6) is 5.75 Å². The van der Waals surface area contributed by atoms with Crippen LogP contribution in [0.15, 0.2) is 48.5 Å². The van der Waals surface area contributed by atoms with E-state index < -0.39 is 5.97 Å². The number of carbonyl (C=O) groups is 2. The molecule has 1 amide bonds. The van der Waals surface area contributed by atoms with Crippen LogP contribution >= 0.6 is 0 Å². The van der Waals surface area contributed by atoms with Gasteiger partial charge in [0.05, 0.1) is 26.2 Å². The summed E-state index contributed by atoms with van der Waals surface area (Å²) >= 11 is 0. The van der Waals surface area contributed by atoms with Crippen molar-refractivity contribution >= 4 is 11.9 Å². The number of hydrogen-bond acceptors (Lipinski definition) is 4. The summed E-state index contributed by atoms with van der Waals surface area (Å²) in [4.78, 5) is 25.9. The summed E-state index contributed by atoms with van der Waals surface area (Å²) in [5.74, 6) is -0.571. The fourth-order valence-corrected chi connectivity index (χ4v) is 2.38. The molecule has 0 radical (unpaired) electrons. The van der Waals surface area contributed by atoms with Gasteiger partial charge in [0.2, 0.25) is 0 Å². The highest BCUT2D eigenvalue weighted by Crippen LogP contribution is 2.21. The van der Waals surface area contributed by atoms with E-state index >= 15 is 0 Å². The summed E-state index contributed by atoms with van der Waals surface area (Å²) in [5.41, 5.74) is 1.16. The average molecular weight is 345 g/mol. The predicted octanol–water partition coefficient (Wildman–Crippen LogP) is 3.04. The fraction of sp³-hybridized carbons (Fsp3) is 0.263. The molecular weight excluding hydrogens is 325 g/mol. The van der Waals surface area contributed by atoms with Gasteiger partial charge in [-0.05, 0) is 29.8 Å². The Morgan fingerprint density at radius 1 is 1.04 bits per heavy atom. The Morgan fingerprint density at radius 3 is 2.36 bits per heavy atom. The van der Waals surface area contributed by atoms with Crippen LogP contribution in [0.4, 0.5) is 4.39 Å². The number of hydrogen-bond donors (Lipinski definition) is 0. The third-order valence-corrected chi connectivity index (χ3v) is 3.72. The monoisotopic (exact) mass is 345 g/mol. The van der Waals surface area contributed by atoms with Crippen molar-refractivity contribution in [1.82, 2.24) is 4.90 Å². The molecule has 0 atom stereocenters. The van der Waals surface area contributed by atoms with Crippen molar-refractivity contribution in [2.45, 2.75) is 13.0 Å². The highest BCUT2D eigenvalue weighted by molar-refractivity contribution is 5.97. The highest BCUT2D eigenvalue weighted by atomic mass is 19.1. The minimum atomic E-state index is -0.406. The van der Waals surface area contributed by atoms with Gasteiger partial charge in [-0.25, -0.2) is 4.39 Å². The van der Waals surface area contributed by atoms with Gasteiger partial charge >= 0.3 is 5.97 Å². The number of halogens is 1. The van der Waals surface area contributed by atoms with Crippen LogP contribution in [-0.4, -0.2) is 37.5 Å². The van der Waals surface area contributed by atoms with Crippen molar-refractivity contribution in [3.8, 4) is 5.75 Å². The predicted molar refractivity (Wildman–Crippen MR) is 90.8 cm³/mol. The molecule has 2 aromatic carbocycles. The zero-order chi connectivity index (χ0) is 18.2. The van der Waals surface area contributed by atoms with Gasteiger partial charge in [-0.1, -0.05) is 24.3 Å². The third kappa shape index (κ3) is 5.04. The van der Waals surface area contributed by atoms with Crippen LogP contribution in [0.1, 0.15) is 22.3 Å². The molecule has 0 heterocycles. The Kier molecular flexibility index (Phi) is 6.51. The highest BCUT2D eigenvalue weighted by Gasteiger charge is 2.20. The second-order valence-corrected chi connectivity index (χ2v) is 5.38. The molecule has 0 unspecified atom stereocenters. The second-order valence-electron chi connectivity index (χ2n) is 5.38. The first-order valence-electron chi connectivity index (χ1n) is 7.78. The van der Waals surface area contributed by atoms with Crippen LogP contribution in [0.3, 0.4) is 0 Å². The van der Waals surface area contributed by atoms with Gasteiger partial charge in [0, 0.05) is 13.1 Å². The molecule has 0 saturated carbocycles. The average Bonchev–Trinajstić information content (AvgIpc) is 2.65. The fourth-order valence-electron chi connectivity index (χ4n) is 2.38. The van der Waals surface area contributed by atoms with Crippen molar-refractivity contribution in [3.05, 3.63) is 65.5 Å². The summed E-state index contributed by atoms with van der Waals surface area (Å²) in [6.45, 7) is 0.426. The van der Waals surface area contributed by atoms with E-state index in [0.29, 0.717) is 11.3 Å². The van der Waals surface area contributed by atoms with E-state index in [9.17, 15) is 14.0 Å². The lowest BCUT2D eigenvalue weighted by Gasteiger charge is -2.23. The SMILES string of the molecule is COC(=O)CCN(Cc1ccc(F)cc1)C(=O)c1ccccc1OC. The number of rotatable bonds is 7. The van der Waals surface area contributed by atoms with Crippen LogP contribution in [0.2, 0.25) is 0 Å².